The molecular formula is C10H11BrFN3O4. The molecule has 7 nitrogen and oxygen atoms in total. The standard InChI is InChI=1S/C10H11BrFN3O4/c11-4-1-15(10(19)14-9(4)13)6-5(12)3(2-16)7(17)8(6)18/h1,6-8,16-18H,2H2,(H2,13,14,19)/t6-,7-,8+/m1/s1. The van der Waals surface area contributed by atoms with Gasteiger partial charge in [0.1, 0.15) is 29.9 Å². The van der Waals surface area contributed by atoms with E-state index in [-0.39, 0.29) is 15.9 Å². The third-order valence-corrected chi connectivity index (χ3v) is 3.59. The summed E-state index contributed by atoms with van der Waals surface area (Å²) in [6, 6.07) is -1.44. The van der Waals surface area contributed by atoms with Gasteiger partial charge in [-0.15, -0.1) is 0 Å². The molecule has 0 radical (unpaired) electrons. The summed E-state index contributed by atoms with van der Waals surface area (Å²) in [6.45, 7) is -0.751. The molecule has 0 amide bonds. The number of nitrogen functional groups attached to an aromatic ring is 1. The lowest BCUT2D eigenvalue weighted by Gasteiger charge is -2.19. The second-order valence-electron chi connectivity index (χ2n) is 4.08. The Kier molecular flexibility index (Phi) is 3.72. The molecule has 0 saturated carbocycles. The van der Waals surface area contributed by atoms with Crippen molar-refractivity contribution >= 4 is 21.7 Å². The average molecular weight is 336 g/mol. The van der Waals surface area contributed by atoms with Crippen LogP contribution in [-0.2, 0) is 0 Å². The lowest BCUT2D eigenvalue weighted by atomic mass is 10.1. The molecule has 0 saturated heterocycles. The van der Waals surface area contributed by atoms with Gasteiger partial charge in [-0.25, -0.2) is 9.18 Å². The van der Waals surface area contributed by atoms with Crippen molar-refractivity contribution < 1.29 is 19.7 Å². The molecule has 0 spiro atoms. The molecule has 0 aliphatic heterocycles. The number of halogens is 2. The normalized spacial score (nSPS) is 27.1. The molecule has 1 aromatic rings. The molecule has 1 aromatic heterocycles. The monoisotopic (exact) mass is 335 g/mol. The van der Waals surface area contributed by atoms with Gasteiger partial charge in [-0.3, -0.25) is 4.57 Å². The van der Waals surface area contributed by atoms with E-state index in [1.807, 2.05) is 0 Å². The van der Waals surface area contributed by atoms with Crippen LogP contribution < -0.4 is 11.4 Å². The van der Waals surface area contributed by atoms with Gasteiger partial charge >= 0.3 is 5.69 Å². The zero-order valence-corrected chi connectivity index (χ0v) is 11.1. The molecule has 0 bridgehead atoms. The number of aromatic nitrogens is 2. The second kappa shape index (κ2) is 5.00. The van der Waals surface area contributed by atoms with Crippen molar-refractivity contribution in [2.45, 2.75) is 18.2 Å². The Morgan fingerprint density at radius 2 is 2.16 bits per heavy atom. The molecule has 19 heavy (non-hydrogen) atoms. The molecule has 1 heterocycles. The third-order valence-electron chi connectivity index (χ3n) is 2.97. The fraction of sp³-hybridized carbons (Fsp3) is 0.400. The predicted molar refractivity (Wildman–Crippen MR) is 66.9 cm³/mol. The Balaban J connectivity index is 2.57. The smallest absolute Gasteiger partial charge is 0.350 e. The maximum Gasteiger partial charge on any atom is 0.350 e. The van der Waals surface area contributed by atoms with Crippen LogP contribution in [0, 0.1) is 0 Å². The van der Waals surface area contributed by atoms with Crippen LogP contribution in [0.4, 0.5) is 10.2 Å². The van der Waals surface area contributed by atoms with Crippen LogP contribution in [0.3, 0.4) is 0 Å². The summed E-state index contributed by atoms with van der Waals surface area (Å²) in [5, 5.41) is 28.3. The summed E-state index contributed by atoms with van der Waals surface area (Å²) < 4.78 is 15.1. The highest BCUT2D eigenvalue weighted by molar-refractivity contribution is 9.10. The highest BCUT2D eigenvalue weighted by Crippen LogP contribution is 2.36. The lowest BCUT2D eigenvalue weighted by molar-refractivity contribution is 0.0244. The van der Waals surface area contributed by atoms with Gasteiger partial charge in [0, 0.05) is 11.8 Å². The van der Waals surface area contributed by atoms with E-state index in [4.69, 9.17) is 10.8 Å². The van der Waals surface area contributed by atoms with Gasteiger partial charge in [-0.05, 0) is 15.9 Å². The summed E-state index contributed by atoms with van der Waals surface area (Å²) in [5.74, 6) is -1.02. The summed E-state index contributed by atoms with van der Waals surface area (Å²) >= 11 is 3.04. The fourth-order valence-corrected chi connectivity index (χ4v) is 2.28. The highest BCUT2D eigenvalue weighted by Gasteiger charge is 2.43. The summed E-state index contributed by atoms with van der Waals surface area (Å²) in [6.07, 6.45) is -1.99. The first-order chi connectivity index (χ1) is 8.88. The van der Waals surface area contributed by atoms with Crippen molar-refractivity contribution in [1.29, 1.82) is 0 Å². The molecule has 0 aromatic carbocycles. The zero-order chi connectivity index (χ0) is 14.3. The van der Waals surface area contributed by atoms with E-state index in [1.54, 1.807) is 0 Å². The third kappa shape index (κ3) is 2.18. The van der Waals surface area contributed by atoms with Gasteiger partial charge in [0.2, 0.25) is 0 Å². The number of aliphatic hydroxyl groups excluding tert-OH is 3. The molecule has 1 aliphatic rings. The van der Waals surface area contributed by atoms with E-state index in [0.29, 0.717) is 0 Å². The van der Waals surface area contributed by atoms with Crippen molar-refractivity contribution in [3.05, 3.63) is 32.6 Å². The first kappa shape index (κ1) is 14.1. The zero-order valence-electron chi connectivity index (χ0n) is 9.49. The Labute approximate surface area is 114 Å². The van der Waals surface area contributed by atoms with Crippen molar-refractivity contribution in [3.8, 4) is 0 Å². The Bertz CT molecular complexity index is 603. The van der Waals surface area contributed by atoms with E-state index in [1.165, 1.54) is 6.20 Å². The van der Waals surface area contributed by atoms with Crippen LogP contribution in [0.5, 0.6) is 0 Å². The molecule has 3 atom stereocenters. The summed E-state index contributed by atoms with van der Waals surface area (Å²) in [4.78, 5) is 15.1. The Hall–Kier alpha value is -1.29. The Morgan fingerprint density at radius 3 is 2.68 bits per heavy atom. The number of anilines is 1. The van der Waals surface area contributed by atoms with Crippen LogP contribution in [0.25, 0.3) is 0 Å². The van der Waals surface area contributed by atoms with Gasteiger partial charge in [0.15, 0.2) is 0 Å². The minimum Gasteiger partial charge on any atom is -0.392 e. The van der Waals surface area contributed by atoms with E-state index < -0.39 is 36.4 Å². The van der Waals surface area contributed by atoms with E-state index in [0.717, 1.165) is 4.57 Å². The summed E-state index contributed by atoms with van der Waals surface area (Å²) in [5.41, 5.74) is 4.19. The number of nitrogens with two attached hydrogens (primary N) is 1. The number of nitrogens with zero attached hydrogens (tertiary/aromatic N) is 2. The topological polar surface area (TPSA) is 122 Å². The number of aliphatic hydroxyl groups is 3. The first-order valence-corrected chi connectivity index (χ1v) is 6.07. The van der Waals surface area contributed by atoms with Crippen molar-refractivity contribution in [3.63, 3.8) is 0 Å². The van der Waals surface area contributed by atoms with Crippen molar-refractivity contribution in [2.75, 3.05) is 12.3 Å². The average Bonchev–Trinajstić information content (AvgIpc) is 2.56. The number of rotatable bonds is 2. The predicted octanol–water partition coefficient (Wildman–Crippen LogP) is -0.920. The molecule has 0 fully saturated rings. The SMILES string of the molecule is Nc1nc(=O)n([C@@H]2C(F)=C(CO)[C@@H](O)[C@H]2O)cc1Br. The largest absolute Gasteiger partial charge is 0.392 e. The van der Waals surface area contributed by atoms with Crippen LogP contribution in [-0.4, -0.2) is 43.7 Å². The molecular weight excluding hydrogens is 325 g/mol. The van der Waals surface area contributed by atoms with Gasteiger partial charge in [0.25, 0.3) is 0 Å². The molecule has 104 valence electrons. The fourth-order valence-electron chi connectivity index (χ4n) is 1.97. The van der Waals surface area contributed by atoms with Crippen molar-refractivity contribution in [1.82, 2.24) is 9.55 Å². The van der Waals surface area contributed by atoms with Crippen LogP contribution >= 0.6 is 15.9 Å². The molecule has 2 rings (SSSR count). The van der Waals surface area contributed by atoms with Gasteiger partial charge < -0.3 is 21.1 Å². The maximum absolute atomic E-state index is 14.0. The highest BCUT2D eigenvalue weighted by atomic mass is 79.9. The van der Waals surface area contributed by atoms with Gasteiger partial charge in [0.05, 0.1) is 11.1 Å². The quantitative estimate of drug-likeness (QED) is 0.554. The number of hydrogen-bond donors (Lipinski definition) is 4. The minimum absolute atomic E-state index is 0.0685. The second-order valence-corrected chi connectivity index (χ2v) is 4.93. The van der Waals surface area contributed by atoms with Crippen LogP contribution in [0.1, 0.15) is 6.04 Å². The Morgan fingerprint density at radius 1 is 1.53 bits per heavy atom. The molecule has 1 aliphatic carbocycles. The van der Waals surface area contributed by atoms with Crippen LogP contribution in [0.15, 0.2) is 26.9 Å². The van der Waals surface area contributed by atoms with E-state index >= 15 is 0 Å². The molecule has 5 N–H and O–H groups in total. The van der Waals surface area contributed by atoms with Gasteiger partial charge in [-0.2, -0.15) is 4.98 Å². The summed E-state index contributed by atoms with van der Waals surface area (Å²) in [7, 11) is 0. The van der Waals surface area contributed by atoms with Crippen molar-refractivity contribution in [2.24, 2.45) is 0 Å². The maximum atomic E-state index is 14.0. The molecule has 9 heteroatoms. The lowest BCUT2D eigenvalue weighted by Crippen LogP contribution is -2.36. The van der Waals surface area contributed by atoms with Gasteiger partial charge in [-0.1, -0.05) is 0 Å². The van der Waals surface area contributed by atoms with E-state index in [2.05, 4.69) is 20.9 Å². The minimum atomic E-state index is -1.59. The van der Waals surface area contributed by atoms with Crippen LogP contribution in [0.2, 0.25) is 0 Å². The molecule has 0 unspecified atom stereocenters. The van der Waals surface area contributed by atoms with E-state index in [9.17, 15) is 19.4 Å². The number of hydrogen-bond acceptors (Lipinski definition) is 6. The first-order valence-electron chi connectivity index (χ1n) is 5.28.